The van der Waals surface area contributed by atoms with Crippen LogP contribution in [-0.4, -0.2) is 11.6 Å². The second kappa shape index (κ2) is 4.40. The van der Waals surface area contributed by atoms with Gasteiger partial charge in [-0.25, -0.2) is 4.79 Å². The zero-order valence-corrected chi connectivity index (χ0v) is 10.7. The lowest BCUT2D eigenvalue weighted by atomic mass is 10.1. The van der Waals surface area contributed by atoms with Crippen LogP contribution in [0.5, 0.6) is 0 Å². The van der Waals surface area contributed by atoms with Gasteiger partial charge in [-0.05, 0) is 44.7 Å². The third-order valence-electron chi connectivity index (χ3n) is 2.93. The Morgan fingerprint density at radius 3 is 2.71 bits per heavy atom. The maximum absolute atomic E-state index is 11.8. The molecule has 92 valence electrons. The largest absolute Gasteiger partial charge is 0.334 e. The number of hydrogen-bond donors (Lipinski definition) is 2. The number of carbonyl (C=O) groups excluding carboxylic acids is 1. The van der Waals surface area contributed by atoms with Gasteiger partial charge in [0, 0.05) is 5.54 Å². The second-order valence-electron chi connectivity index (χ2n) is 5.64. The van der Waals surface area contributed by atoms with Gasteiger partial charge in [0.1, 0.15) is 0 Å². The van der Waals surface area contributed by atoms with E-state index in [1.54, 1.807) is 0 Å². The molecular formula is C14H20N2O. The Balaban J connectivity index is 2.00. The summed E-state index contributed by atoms with van der Waals surface area (Å²) in [5.41, 5.74) is 2.42. The van der Waals surface area contributed by atoms with Crippen molar-refractivity contribution in [1.82, 2.24) is 10.6 Å². The smallest absolute Gasteiger partial charge is 0.315 e. The molecule has 1 aliphatic rings. The van der Waals surface area contributed by atoms with E-state index in [0.717, 1.165) is 12.8 Å². The summed E-state index contributed by atoms with van der Waals surface area (Å²) in [5.74, 6) is 0. The lowest BCUT2D eigenvalue weighted by Crippen LogP contribution is -2.47. The highest BCUT2D eigenvalue weighted by atomic mass is 16.2. The highest BCUT2D eigenvalue weighted by molar-refractivity contribution is 5.75. The molecule has 0 saturated carbocycles. The number of carbonyl (C=O) groups is 1. The molecule has 1 aromatic carbocycles. The first-order valence-corrected chi connectivity index (χ1v) is 6.12. The third kappa shape index (κ3) is 2.99. The Hall–Kier alpha value is -1.51. The number of aryl methyl sites for hydroxylation is 1. The second-order valence-corrected chi connectivity index (χ2v) is 5.64. The van der Waals surface area contributed by atoms with Crippen LogP contribution in [0.15, 0.2) is 24.3 Å². The van der Waals surface area contributed by atoms with Crippen molar-refractivity contribution in [2.75, 3.05) is 0 Å². The van der Waals surface area contributed by atoms with Gasteiger partial charge in [-0.1, -0.05) is 24.3 Å². The first-order valence-electron chi connectivity index (χ1n) is 6.12. The molecule has 1 atom stereocenters. The van der Waals surface area contributed by atoms with Crippen LogP contribution in [0.4, 0.5) is 4.79 Å². The van der Waals surface area contributed by atoms with E-state index in [1.807, 2.05) is 26.8 Å². The van der Waals surface area contributed by atoms with Crippen molar-refractivity contribution < 1.29 is 4.79 Å². The molecule has 0 saturated heterocycles. The summed E-state index contributed by atoms with van der Waals surface area (Å²) in [6, 6.07) is 8.40. The molecule has 0 aromatic heterocycles. The number of nitrogens with one attached hydrogen (secondary N) is 2. The maximum Gasteiger partial charge on any atom is 0.315 e. The Bertz CT molecular complexity index is 420. The van der Waals surface area contributed by atoms with Crippen LogP contribution in [0.1, 0.15) is 44.4 Å². The van der Waals surface area contributed by atoms with Gasteiger partial charge >= 0.3 is 6.03 Å². The normalized spacial score (nSPS) is 18.6. The van der Waals surface area contributed by atoms with Gasteiger partial charge in [0.25, 0.3) is 0 Å². The minimum atomic E-state index is -0.192. The van der Waals surface area contributed by atoms with Crippen LogP contribution in [-0.2, 0) is 6.42 Å². The summed E-state index contributed by atoms with van der Waals surface area (Å²) in [4.78, 5) is 11.8. The number of rotatable bonds is 1. The van der Waals surface area contributed by atoms with Gasteiger partial charge < -0.3 is 10.6 Å². The van der Waals surface area contributed by atoms with Crippen molar-refractivity contribution >= 4 is 6.03 Å². The van der Waals surface area contributed by atoms with Crippen LogP contribution in [0, 0.1) is 0 Å². The van der Waals surface area contributed by atoms with Gasteiger partial charge in [-0.3, -0.25) is 0 Å². The molecule has 1 aromatic rings. The van der Waals surface area contributed by atoms with Crippen LogP contribution in [0.2, 0.25) is 0 Å². The van der Waals surface area contributed by atoms with Crippen molar-refractivity contribution in [2.24, 2.45) is 0 Å². The predicted octanol–water partition coefficient (Wildman–Crippen LogP) is 2.77. The standard InChI is InChI=1S/C14H20N2O/c1-14(2,3)16-13(17)15-12-9-8-10-6-4-5-7-11(10)12/h4-7,12H,8-9H2,1-3H3,(H2,15,16,17). The van der Waals surface area contributed by atoms with Crippen molar-refractivity contribution in [3.63, 3.8) is 0 Å². The van der Waals surface area contributed by atoms with Crippen LogP contribution < -0.4 is 10.6 Å². The van der Waals surface area contributed by atoms with E-state index in [0.29, 0.717) is 0 Å². The maximum atomic E-state index is 11.8. The van der Waals surface area contributed by atoms with E-state index in [9.17, 15) is 4.79 Å². The zero-order chi connectivity index (χ0) is 12.5. The molecule has 1 aliphatic carbocycles. The third-order valence-corrected chi connectivity index (χ3v) is 2.93. The van der Waals surface area contributed by atoms with E-state index >= 15 is 0 Å². The highest BCUT2D eigenvalue weighted by Gasteiger charge is 2.24. The topological polar surface area (TPSA) is 41.1 Å². The van der Waals surface area contributed by atoms with Gasteiger partial charge in [-0.15, -0.1) is 0 Å². The average Bonchev–Trinajstić information content (AvgIpc) is 2.59. The molecule has 1 unspecified atom stereocenters. The lowest BCUT2D eigenvalue weighted by molar-refractivity contribution is 0.228. The van der Waals surface area contributed by atoms with Crippen LogP contribution >= 0.6 is 0 Å². The van der Waals surface area contributed by atoms with Crippen LogP contribution in [0.25, 0.3) is 0 Å². The Morgan fingerprint density at radius 2 is 2.00 bits per heavy atom. The fraction of sp³-hybridized carbons (Fsp3) is 0.500. The van der Waals surface area contributed by atoms with Crippen molar-refractivity contribution in [3.05, 3.63) is 35.4 Å². The molecular weight excluding hydrogens is 212 g/mol. The molecule has 0 radical (unpaired) electrons. The molecule has 0 bridgehead atoms. The molecule has 2 rings (SSSR count). The summed E-state index contributed by atoms with van der Waals surface area (Å²) >= 11 is 0. The molecule has 0 spiro atoms. The van der Waals surface area contributed by atoms with E-state index in [1.165, 1.54) is 11.1 Å². The lowest BCUT2D eigenvalue weighted by Gasteiger charge is -2.23. The first kappa shape index (κ1) is 12.0. The van der Waals surface area contributed by atoms with Crippen molar-refractivity contribution in [2.45, 2.75) is 45.2 Å². The van der Waals surface area contributed by atoms with Crippen LogP contribution in [0.3, 0.4) is 0 Å². The highest BCUT2D eigenvalue weighted by Crippen LogP contribution is 2.30. The molecule has 0 fully saturated rings. The van der Waals surface area contributed by atoms with Crippen molar-refractivity contribution in [3.8, 4) is 0 Å². The van der Waals surface area contributed by atoms with Gasteiger partial charge in [-0.2, -0.15) is 0 Å². The molecule has 3 heteroatoms. The number of amides is 2. The molecule has 2 amide bonds. The first-order chi connectivity index (χ1) is 7.96. The summed E-state index contributed by atoms with van der Waals surface area (Å²) in [7, 11) is 0. The van der Waals surface area contributed by atoms with E-state index in [2.05, 4.69) is 28.8 Å². The fourth-order valence-electron chi connectivity index (χ4n) is 2.24. The monoisotopic (exact) mass is 232 g/mol. The Kier molecular flexibility index (Phi) is 3.09. The minimum Gasteiger partial charge on any atom is -0.334 e. The van der Waals surface area contributed by atoms with Gasteiger partial charge in [0.05, 0.1) is 6.04 Å². The molecule has 3 nitrogen and oxygen atoms in total. The molecule has 0 aliphatic heterocycles. The van der Waals surface area contributed by atoms with Gasteiger partial charge in [0.15, 0.2) is 0 Å². The zero-order valence-electron chi connectivity index (χ0n) is 10.7. The number of benzene rings is 1. The average molecular weight is 232 g/mol. The number of urea groups is 1. The summed E-state index contributed by atoms with van der Waals surface area (Å²) < 4.78 is 0. The minimum absolute atomic E-state index is 0.0841. The molecule has 17 heavy (non-hydrogen) atoms. The molecule has 2 N–H and O–H groups in total. The summed E-state index contributed by atoms with van der Waals surface area (Å²) in [5, 5.41) is 5.97. The summed E-state index contributed by atoms with van der Waals surface area (Å²) in [6.45, 7) is 5.94. The summed E-state index contributed by atoms with van der Waals surface area (Å²) in [6.07, 6.45) is 2.05. The SMILES string of the molecule is CC(C)(C)NC(=O)NC1CCc2ccccc21. The Labute approximate surface area is 103 Å². The van der Waals surface area contributed by atoms with Crippen molar-refractivity contribution in [1.29, 1.82) is 0 Å². The van der Waals surface area contributed by atoms with E-state index in [4.69, 9.17) is 0 Å². The Morgan fingerprint density at radius 1 is 1.29 bits per heavy atom. The number of fused-ring (bicyclic) bond motifs is 1. The van der Waals surface area contributed by atoms with E-state index in [-0.39, 0.29) is 17.6 Å². The number of hydrogen-bond acceptors (Lipinski definition) is 1. The van der Waals surface area contributed by atoms with Gasteiger partial charge in [0.2, 0.25) is 0 Å². The van der Waals surface area contributed by atoms with E-state index < -0.39 is 0 Å². The quantitative estimate of drug-likeness (QED) is 0.768. The fourth-order valence-corrected chi connectivity index (χ4v) is 2.24. The molecule has 0 heterocycles. The predicted molar refractivity (Wildman–Crippen MR) is 68.9 cm³/mol.